The number of aromatic nitrogens is 3. The zero-order chi connectivity index (χ0) is 13.7. The molecule has 0 bridgehead atoms. The zero-order valence-electron chi connectivity index (χ0n) is 11.2. The summed E-state index contributed by atoms with van der Waals surface area (Å²) < 4.78 is 0. The number of anilines is 2. The Labute approximate surface area is 118 Å². The first kappa shape index (κ1) is 13.7. The molecule has 0 fully saturated rings. The number of nitrogens with zero attached hydrogens (tertiary/aromatic N) is 3. The molecule has 0 spiro atoms. The van der Waals surface area contributed by atoms with Crippen LogP contribution in [0.2, 0.25) is 0 Å². The molecule has 4 nitrogen and oxygen atoms in total. The van der Waals surface area contributed by atoms with Crippen molar-refractivity contribution >= 4 is 23.2 Å². The number of alkyl halides is 1. The van der Waals surface area contributed by atoms with Crippen molar-refractivity contribution in [1.29, 1.82) is 0 Å². The molecule has 0 aliphatic heterocycles. The Kier molecular flexibility index (Phi) is 4.68. The van der Waals surface area contributed by atoms with Gasteiger partial charge in [-0.2, -0.15) is 0 Å². The van der Waals surface area contributed by atoms with Gasteiger partial charge in [0.2, 0.25) is 5.95 Å². The van der Waals surface area contributed by atoms with Crippen molar-refractivity contribution in [2.24, 2.45) is 0 Å². The molecule has 0 saturated heterocycles. The van der Waals surface area contributed by atoms with Gasteiger partial charge in [-0.1, -0.05) is 26.0 Å². The van der Waals surface area contributed by atoms with Crippen LogP contribution in [0.5, 0.6) is 0 Å². The van der Waals surface area contributed by atoms with Gasteiger partial charge in [0, 0.05) is 11.6 Å². The molecule has 1 heterocycles. The Balaban J connectivity index is 2.22. The Morgan fingerprint density at radius 1 is 1.11 bits per heavy atom. The second-order valence-electron chi connectivity index (χ2n) is 4.19. The lowest BCUT2D eigenvalue weighted by molar-refractivity contribution is 0.829. The molecule has 5 heteroatoms. The molecule has 0 atom stereocenters. The van der Waals surface area contributed by atoms with Crippen molar-refractivity contribution in [3.8, 4) is 0 Å². The standard InChI is InChI=1S/C14H17ClN4/c1-3-12-13(4-2)18-19-14(17-12)16-11-7-5-6-10(8-11)9-15/h5-8H,3-4,9H2,1-2H3,(H,16,17,19). The van der Waals surface area contributed by atoms with E-state index in [-0.39, 0.29) is 0 Å². The molecular weight excluding hydrogens is 260 g/mol. The topological polar surface area (TPSA) is 50.7 Å². The normalized spacial score (nSPS) is 10.5. The fraction of sp³-hybridized carbons (Fsp3) is 0.357. The van der Waals surface area contributed by atoms with Crippen LogP contribution in [0.25, 0.3) is 0 Å². The smallest absolute Gasteiger partial charge is 0.247 e. The Morgan fingerprint density at radius 2 is 1.89 bits per heavy atom. The number of rotatable bonds is 5. The van der Waals surface area contributed by atoms with E-state index in [0.717, 1.165) is 35.5 Å². The molecule has 1 aromatic carbocycles. The fourth-order valence-corrected chi connectivity index (χ4v) is 2.02. The van der Waals surface area contributed by atoms with E-state index in [4.69, 9.17) is 11.6 Å². The first-order valence-corrected chi connectivity index (χ1v) is 6.94. The molecule has 2 rings (SSSR count). The van der Waals surface area contributed by atoms with E-state index in [1.807, 2.05) is 24.3 Å². The second kappa shape index (κ2) is 6.48. The molecule has 2 aromatic rings. The van der Waals surface area contributed by atoms with Gasteiger partial charge in [-0.3, -0.25) is 0 Å². The van der Waals surface area contributed by atoms with E-state index in [2.05, 4.69) is 34.3 Å². The molecule has 0 amide bonds. The molecule has 19 heavy (non-hydrogen) atoms. The summed E-state index contributed by atoms with van der Waals surface area (Å²) in [5.74, 6) is 1.02. The van der Waals surface area contributed by atoms with Crippen LogP contribution in [0.1, 0.15) is 30.8 Å². The third kappa shape index (κ3) is 3.41. The molecule has 0 unspecified atom stereocenters. The van der Waals surface area contributed by atoms with Gasteiger partial charge in [-0.05, 0) is 30.5 Å². The van der Waals surface area contributed by atoms with Crippen LogP contribution in [0.3, 0.4) is 0 Å². The molecule has 1 aromatic heterocycles. The summed E-state index contributed by atoms with van der Waals surface area (Å²) in [6, 6.07) is 7.87. The van der Waals surface area contributed by atoms with Gasteiger partial charge in [-0.25, -0.2) is 4.98 Å². The molecule has 1 N–H and O–H groups in total. The minimum absolute atomic E-state index is 0.490. The van der Waals surface area contributed by atoms with E-state index in [9.17, 15) is 0 Å². The summed E-state index contributed by atoms with van der Waals surface area (Å²) >= 11 is 5.82. The summed E-state index contributed by atoms with van der Waals surface area (Å²) in [6.45, 7) is 4.13. The van der Waals surface area contributed by atoms with E-state index >= 15 is 0 Å². The highest BCUT2D eigenvalue weighted by Gasteiger charge is 2.06. The fourth-order valence-electron chi connectivity index (χ4n) is 1.85. The van der Waals surface area contributed by atoms with E-state index < -0.39 is 0 Å². The average Bonchev–Trinajstić information content (AvgIpc) is 2.47. The second-order valence-corrected chi connectivity index (χ2v) is 4.46. The number of hydrogen-bond acceptors (Lipinski definition) is 4. The highest BCUT2D eigenvalue weighted by molar-refractivity contribution is 6.17. The summed E-state index contributed by atoms with van der Waals surface area (Å²) in [4.78, 5) is 4.50. The first-order chi connectivity index (χ1) is 9.26. The van der Waals surface area contributed by atoms with Gasteiger partial charge in [-0.15, -0.1) is 21.8 Å². The maximum Gasteiger partial charge on any atom is 0.247 e. The summed E-state index contributed by atoms with van der Waals surface area (Å²) in [7, 11) is 0. The SMILES string of the molecule is CCc1nnc(Nc2cccc(CCl)c2)nc1CC. The number of aryl methyl sites for hydroxylation is 2. The third-order valence-electron chi connectivity index (χ3n) is 2.85. The molecule has 0 radical (unpaired) electrons. The van der Waals surface area contributed by atoms with Gasteiger partial charge >= 0.3 is 0 Å². The van der Waals surface area contributed by atoms with Crippen LogP contribution in [0.4, 0.5) is 11.6 Å². The Hall–Kier alpha value is -1.68. The van der Waals surface area contributed by atoms with Crippen LogP contribution in [0, 0.1) is 0 Å². The average molecular weight is 277 g/mol. The predicted octanol–water partition coefficient (Wildman–Crippen LogP) is 3.48. The monoisotopic (exact) mass is 276 g/mol. The Morgan fingerprint density at radius 3 is 2.58 bits per heavy atom. The zero-order valence-corrected chi connectivity index (χ0v) is 11.9. The largest absolute Gasteiger partial charge is 0.323 e. The van der Waals surface area contributed by atoms with Crippen LogP contribution >= 0.6 is 11.6 Å². The third-order valence-corrected chi connectivity index (χ3v) is 3.16. The van der Waals surface area contributed by atoms with Gasteiger partial charge < -0.3 is 5.32 Å². The number of hydrogen-bond donors (Lipinski definition) is 1. The molecular formula is C14H17ClN4. The van der Waals surface area contributed by atoms with Crippen molar-refractivity contribution in [2.75, 3.05) is 5.32 Å². The van der Waals surface area contributed by atoms with Crippen LogP contribution in [-0.4, -0.2) is 15.2 Å². The quantitative estimate of drug-likeness (QED) is 0.850. The van der Waals surface area contributed by atoms with Crippen molar-refractivity contribution in [3.05, 3.63) is 41.2 Å². The highest BCUT2D eigenvalue weighted by atomic mass is 35.5. The molecule has 0 saturated carbocycles. The van der Waals surface area contributed by atoms with E-state index in [1.165, 1.54) is 0 Å². The highest BCUT2D eigenvalue weighted by Crippen LogP contribution is 2.16. The predicted molar refractivity (Wildman–Crippen MR) is 77.9 cm³/mol. The molecule has 100 valence electrons. The van der Waals surface area contributed by atoms with Crippen LogP contribution in [0.15, 0.2) is 24.3 Å². The van der Waals surface area contributed by atoms with Crippen molar-refractivity contribution in [3.63, 3.8) is 0 Å². The first-order valence-electron chi connectivity index (χ1n) is 6.41. The summed E-state index contributed by atoms with van der Waals surface area (Å²) in [5, 5.41) is 11.5. The lowest BCUT2D eigenvalue weighted by atomic mass is 10.2. The maximum absolute atomic E-state index is 5.82. The van der Waals surface area contributed by atoms with E-state index in [1.54, 1.807) is 0 Å². The summed E-state index contributed by atoms with van der Waals surface area (Å²) in [5.41, 5.74) is 3.93. The van der Waals surface area contributed by atoms with Gasteiger partial charge in [0.1, 0.15) is 0 Å². The number of benzene rings is 1. The molecule has 0 aliphatic rings. The maximum atomic E-state index is 5.82. The minimum Gasteiger partial charge on any atom is -0.323 e. The van der Waals surface area contributed by atoms with Crippen LogP contribution in [-0.2, 0) is 18.7 Å². The van der Waals surface area contributed by atoms with Gasteiger partial charge in [0.25, 0.3) is 0 Å². The van der Waals surface area contributed by atoms with E-state index in [0.29, 0.717) is 11.8 Å². The molecule has 0 aliphatic carbocycles. The van der Waals surface area contributed by atoms with Crippen molar-refractivity contribution in [2.45, 2.75) is 32.6 Å². The number of nitrogens with one attached hydrogen (secondary N) is 1. The van der Waals surface area contributed by atoms with Crippen molar-refractivity contribution < 1.29 is 0 Å². The van der Waals surface area contributed by atoms with Gasteiger partial charge in [0.05, 0.1) is 11.4 Å². The van der Waals surface area contributed by atoms with Crippen LogP contribution < -0.4 is 5.32 Å². The van der Waals surface area contributed by atoms with Gasteiger partial charge in [0.15, 0.2) is 0 Å². The lowest BCUT2D eigenvalue weighted by Gasteiger charge is -2.08. The van der Waals surface area contributed by atoms with Crippen molar-refractivity contribution in [1.82, 2.24) is 15.2 Å². The lowest BCUT2D eigenvalue weighted by Crippen LogP contribution is -2.06. The number of halogens is 1. The minimum atomic E-state index is 0.490. The Bertz CT molecular complexity index is 557. The summed E-state index contributed by atoms with van der Waals surface area (Å²) in [6.07, 6.45) is 1.71.